The van der Waals surface area contributed by atoms with Crippen LogP contribution in [0, 0.1) is 0 Å². The van der Waals surface area contributed by atoms with Gasteiger partial charge in [0.2, 0.25) is 5.91 Å². The highest BCUT2D eigenvalue weighted by Gasteiger charge is 2.55. The Labute approximate surface area is 152 Å². The van der Waals surface area contributed by atoms with Gasteiger partial charge in [0.1, 0.15) is 0 Å². The van der Waals surface area contributed by atoms with Crippen molar-refractivity contribution in [2.45, 2.75) is 36.7 Å². The van der Waals surface area contributed by atoms with Crippen LogP contribution in [-0.4, -0.2) is 34.8 Å². The smallest absolute Gasteiger partial charge is 0.339 e. The Morgan fingerprint density at radius 3 is 2.58 bits per heavy atom. The lowest BCUT2D eigenvalue weighted by Crippen LogP contribution is -2.51. The molecular formula is C21H20N2O3. The van der Waals surface area contributed by atoms with Crippen LogP contribution in [0.15, 0.2) is 48.8 Å². The van der Waals surface area contributed by atoms with E-state index in [2.05, 4.69) is 4.98 Å². The molecule has 2 aromatic rings. The van der Waals surface area contributed by atoms with E-state index in [0.717, 1.165) is 30.4 Å². The molecule has 5 nitrogen and oxygen atoms in total. The summed E-state index contributed by atoms with van der Waals surface area (Å²) in [5, 5.41) is 0. The van der Waals surface area contributed by atoms with Gasteiger partial charge in [0.25, 0.3) is 0 Å². The molecule has 132 valence electrons. The molecule has 5 rings (SSSR count). The van der Waals surface area contributed by atoms with Gasteiger partial charge in [-0.3, -0.25) is 9.78 Å². The molecule has 1 saturated heterocycles. The number of nitrogens with zero attached hydrogens (tertiary/aromatic N) is 2. The highest BCUT2D eigenvalue weighted by atomic mass is 16.6. The molecule has 3 heterocycles. The summed E-state index contributed by atoms with van der Waals surface area (Å²) >= 11 is 0. The number of fused-ring (bicyclic) bond motifs is 2. The summed E-state index contributed by atoms with van der Waals surface area (Å²) in [5.74, 6) is -0.116. The van der Waals surface area contributed by atoms with Gasteiger partial charge in [0, 0.05) is 30.9 Å². The second kappa shape index (κ2) is 5.40. The van der Waals surface area contributed by atoms with E-state index >= 15 is 0 Å². The van der Waals surface area contributed by atoms with Crippen LogP contribution >= 0.6 is 0 Å². The lowest BCUT2D eigenvalue weighted by Gasteiger charge is -2.43. The van der Waals surface area contributed by atoms with E-state index < -0.39 is 11.0 Å². The minimum absolute atomic E-state index is 0.159. The van der Waals surface area contributed by atoms with E-state index in [1.807, 2.05) is 35.2 Å². The van der Waals surface area contributed by atoms with E-state index in [1.54, 1.807) is 18.5 Å². The second-order valence-corrected chi connectivity index (χ2v) is 7.58. The molecule has 3 aliphatic rings. The molecule has 2 aliphatic heterocycles. The molecule has 1 atom stereocenters. The van der Waals surface area contributed by atoms with E-state index in [-0.39, 0.29) is 11.9 Å². The normalized spacial score (nSPS) is 25.7. The molecule has 5 heteroatoms. The van der Waals surface area contributed by atoms with E-state index in [0.29, 0.717) is 25.1 Å². The fraction of sp³-hybridized carbons (Fsp3) is 0.381. The minimum Gasteiger partial charge on any atom is -0.449 e. The quantitative estimate of drug-likeness (QED) is 0.783. The number of carbonyl (C=O) groups excluding carboxylic acids is 2. The number of esters is 1. The summed E-state index contributed by atoms with van der Waals surface area (Å²) in [6.07, 6.45) is 6.97. The summed E-state index contributed by atoms with van der Waals surface area (Å²) in [6.45, 7) is 1.06. The van der Waals surface area contributed by atoms with Crippen molar-refractivity contribution in [2.24, 2.45) is 0 Å². The van der Waals surface area contributed by atoms with E-state index in [9.17, 15) is 9.59 Å². The molecule has 0 unspecified atom stereocenters. The van der Waals surface area contributed by atoms with Gasteiger partial charge in [-0.05, 0) is 36.6 Å². The van der Waals surface area contributed by atoms with Gasteiger partial charge < -0.3 is 9.64 Å². The Bertz CT molecular complexity index is 891. The molecule has 1 spiro atoms. The first-order chi connectivity index (χ1) is 12.6. The van der Waals surface area contributed by atoms with E-state index in [4.69, 9.17) is 4.74 Å². The fourth-order valence-corrected chi connectivity index (χ4v) is 4.73. The zero-order valence-electron chi connectivity index (χ0n) is 14.5. The maximum absolute atomic E-state index is 13.4. The molecular weight excluding hydrogens is 328 g/mol. The summed E-state index contributed by atoms with van der Waals surface area (Å²) in [7, 11) is 0. The average Bonchev–Trinajstić information content (AvgIpc) is 3.18. The van der Waals surface area contributed by atoms with Gasteiger partial charge in [-0.1, -0.05) is 24.6 Å². The predicted molar refractivity (Wildman–Crippen MR) is 94.5 cm³/mol. The number of likely N-dealkylation sites (tertiary alicyclic amines) is 1. The monoisotopic (exact) mass is 348 g/mol. The maximum Gasteiger partial charge on any atom is 0.339 e. The van der Waals surface area contributed by atoms with Crippen molar-refractivity contribution < 1.29 is 14.3 Å². The first-order valence-electron chi connectivity index (χ1n) is 9.17. The second-order valence-electron chi connectivity index (χ2n) is 7.58. The molecule has 1 amide bonds. The number of hydrogen-bond donors (Lipinski definition) is 0. The highest BCUT2D eigenvalue weighted by molar-refractivity contribution is 5.95. The number of benzene rings is 1. The third-order valence-electron chi connectivity index (χ3n) is 6.29. The lowest BCUT2D eigenvalue weighted by molar-refractivity contribution is -0.140. The van der Waals surface area contributed by atoms with Gasteiger partial charge in [-0.2, -0.15) is 0 Å². The van der Waals surface area contributed by atoms with Crippen LogP contribution in [0.25, 0.3) is 0 Å². The number of amides is 1. The van der Waals surface area contributed by atoms with Crippen molar-refractivity contribution in [3.63, 3.8) is 0 Å². The molecule has 0 N–H and O–H groups in total. The van der Waals surface area contributed by atoms with Crippen molar-refractivity contribution in [1.82, 2.24) is 9.88 Å². The summed E-state index contributed by atoms with van der Waals surface area (Å²) < 4.78 is 5.79. The number of ether oxygens (including phenoxy) is 1. The number of pyridine rings is 1. The predicted octanol–water partition coefficient (Wildman–Crippen LogP) is 2.80. The van der Waals surface area contributed by atoms with Crippen molar-refractivity contribution in [3.8, 4) is 0 Å². The average molecular weight is 348 g/mol. The van der Waals surface area contributed by atoms with Gasteiger partial charge in [-0.25, -0.2) is 4.79 Å². The Morgan fingerprint density at radius 1 is 1.08 bits per heavy atom. The van der Waals surface area contributed by atoms with Crippen LogP contribution < -0.4 is 0 Å². The number of hydrogen-bond acceptors (Lipinski definition) is 4. The summed E-state index contributed by atoms with van der Waals surface area (Å²) in [5.41, 5.74) is 1.50. The van der Waals surface area contributed by atoms with Crippen LogP contribution in [0.5, 0.6) is 0 Å². The van der Waals surface area contributed by atoms with Crippen molar-refractivity contribution in [1.29, 1.82) is 0 Å². The molecule has 2 fully saturated rings. The van der Waals surface area contributed by atoms with Gasteiger partial charge in [0.15, 0.2) is 5.60 Å². The van der Waals surface area contributed by atoms with Crippen LogP contribution in [0.2, 0.25) is 0 Å². The largest absolute Gasteiger partial charge is 0.449 e. The minimum atomic E-state index is -0.674. The van der Waals surface area contributed by atoms with Crippen LogP contribution in [-0.2, 0) is 20.5 Å². The van der Waals surface area contributed by atoms with Crippen molar-refractivity contribution in [2.75, 3.05) is 13.1 Å². The van der Waals surface area contributed by atoms with Crippen molar-refractivity contribution in [3.05, 3.63) is 65.5 Å². The van der Waals surface area contributed by atoms with Crippen molar-refractivity contribution >= 4 is 11.9 Å². The zero-order chi connectivity index (χ0) is 17.8. The Balaban J connectivity index is 1.45. The van der Waals surface area contributed by atoms with Crippen LogP contribution in [0.3, 0.4) is 0 Å². The van der Waals surface area contributed by atoms with Crippen LogP contribution in [0.1, 0.15) is 47.2 Å². The van der Waals surface area contributed by atoms with E-state index in [1.165, 1.54) is 0 Å². The standard InChI is InChI=1S/C21H20N2O3/c24-18-16-4-1-2-5-17(16)21(26-18)10-13-23(14-21)19(25)20(8-3-9-20)15-6-11-22-12-7-15/h1-2,4-7,11-12H,3,8-10,13-14H2/t21-/m0/s1. The summed E-state index contributed by atoms with van der Waals surface area (Å²) in [4.78, 5) is 31.7. The Morgan fingerprint density at radius 2 is 1.85 bits per heavy atom. The SMILES string of the molecule is O=C1O[C@]2(CCN(C(=O)C3(c4ccncc4)CCC3)C2)c2ccccc21. The topological polar surface area (TPSA) is 59.5 Å². The Hall–Kier alpha value is -2.69. The van der Waals surface area contributed by atoms with Crippen LogP contribution in [0.4, 0.5) is 0 Å². The Kier molecular flexibility index (Phi) is 3.23. The lowest BCUT2D eigenvalue weighted by atomic mass is 9.63. The molecule has 0 radical (unpaired) electrons. The molecule has 1 aliphatic carbocycles. The molecule has 1 aromatic heterocycles. The molecule has 1 saturated carbocycles. The third kappa shape index (κ3) is 2.00. The molecule has 26 heavy (non-hydrogen) atoms. The highest BCUT2D eigenvalue weighted by Crippen LogP contribution is 2.48. The fourth-order valence-electron chi connectivity index (χ4n) is 4.73. The number of rotatable bonds is 2. The first-order valence-corrected chi connectivity index (χ1v) is 9.17. The zero-order valence-corrected chi connectivity index (χ0v) is 14.5. The van der Waals surface area contributed by atoms with Gasteiger partial charge >= 0.3 is 5.97 Å². The van der Waals surface area contributed by atoms with Gasteiger partial charge in [0.05, 0.1) is 17.5 Å². The van der Waals surface area contributed by atoms with Gasteiger partial charge in [-0.15, -0.1) is 0 Å². The molecule has 1 aromatic carbocycles. The number of carbonyl (C=O) groups is 2. The third-order valence-corrected chi connectivity index (χ3v) is 6.29. The first kappa shape index (κ1) is 15.6. The molecule has 0 bridgehead atoms. The summed E-state index contributed by atoms with van der Waals surface area (Å²) in [6, 6.07) is 11.4. The number of aromatic nitrogens is 1. The maximum atomic E-state index is 13.4.